The van der Waals surface area contributed by atoms with E-state index in [2.05, 4.69) is 10.3 Å². The smallest absolute Gasteiger partial charge is 0.329 e. The lowest BCUT2D eigenvalue weighted by Crippen LogP contribution is -2.50. The number of amides is 1. The molecule has 1 heterocycles. The fourth-order valence-electron chi connectivity index (χ4n) is 4.90. The zero-order valence-electron chi connectivity index (χ0n) is 20.9. The Morgan fingerprint density at radius 3 is 2.16 bits per heavy atom. The average Bonchev–Trinajstić information content (AvgIpc) is 2.69. The highest BCUT2D eigenvalue weighted by Gasteiger charge is 2.45. The van der Waals surface area contributed by atoms with Gasteiger partial charge < -0.3 is 14.8 Å². The van der Waals surface area contributed by atoms with Crippen molar-refractivity contribution in [3.8, 4) is 0 Å². The highest BCUT2D eigenvalue weighted by atomic mass is 16.6. The van der Waals surface area contributed by atoms with Crippen LogP contribution >= 0.6 is 0 Å². The van der Waals surface area contributed by atoms with E-state index in [4.69, 9.17) is 9.47 Å². The molecular weight excluding hydrogens is 408 g/mol. The summed E-state index contributed by atoms with van der Waals surface area (Å²) in [7, 11) is 1.37. The molecule has 3 unspecified atom stereocenters. The molecule has 0 bridgehead atoms. The van der Waals surface area contributed by atoms with Crippen molar-refractivity contribution in [3.63, 3.8) is 0 Å². The first-order chi connectivity index (χ1) is 14.9. The van der Waals surface area contributed by atoms with Crippen molar-refractivity contribution in [1.29, 1.82) is 0 Å². The van der Waals surface area contributed by atoms with Gasteiger partial charge in [-0.15, -0.1) is 0 Å². The summed E-state index contributed by atoms with van der Waals surface area (Å²) < 4.78 is 10.7. The minimum atomic E-state index is -0.794. The van der Waals surface area contributed by atoms with Crippen LogP contribution in [-0.2, 0) is 23.9 Å². The van der Waals surface area contributed by atoms with Crippen LogP contribution < -0.4 is 5.32 Å². The molecule has 1 aliphatic carbocycles. The van der Waals surface area contributed by atoms with E-state index in [1.807, 2.05) is 20.8 Å². The highest BCUT2D eigenvalue weighted by molar-refractivity contribution is 6.07. The molecule has 0 radical (unpaired) electrons. The molecule has 1 fully saturated rings. The second kappa shape index (κ2) is 10.6. The van der Waals surface area contributed by atoms with Crippen LogP contribution in [0.3, 0.4) is 0 Å². The maximum absolute atomic E-state index is 13.6. The number of aliphatic imine (C=N–C) groups is 1. The van der Waals surface area contributed by atoms with Gasteiger partial charge in [0.2, 0.25) is 5.91 Å². The second-order valence-corrected chi connectivity index (χ2v) is 10.4. The first-order valence-electron chi connectivity index (χ1n) is 11.7. The summed E-state index contributed by atoms with van der Waals surface area (Å²) in [5.41, 5.74) is 1.11. The topological polar surface area (TPSA) is 94.1 Å². The van der Waals surface area contributed by atoms with Gasteiger partial charge in [0.15, 0.2) is 0 Å². The van der Waals surface area contributed by atoms with Gasteiger partial charge in [0.1, 0.15) is 17.6 Å². The molecule has 0 aromatic heterocycles. The largest absolute Gasteiger partial charge is 0.468 e. The van der Waals surface area contributed by atoms with E-state index in [9.17, 15) is 14.4 Å². The van der Waals surface area contributed by atoms with E-state index in [1.54, 1.807) is 27.7 Å². The van der Waals surface area contributed by atoms with Crippen molar-refractivity contribution in [2.45, 2.75) is 92.2 Å². The number of hydrogen-bond donors (Lipinski definition) is 1. The van der Waals surface area contributed by atoms with Gasteiger partial charge in [0.25, 0.3) is 0 Å². The van der Waals surface area contributed by atoms with Gasteiger partial charge >= 0.3 is 11.9 Å². The minimum absolute atomic E-state index is 0.159. The molecular formula is C25H40N2O5. The lowest BCUT2D eigenvalue weighted by Gasteiger charge is -2.39. The van der Waals surface area contributed by atoms with E-state index in [1.165, 1.54) is 7.11 Å². The van der Waals surface area contributed by atoms with Gasteiger partial charge in [0, 0.05) is 22.9 Å². The summed E-state index contributed by atoms with van der Waals surface area (Å²) in [4.78, 5) is 43.7. The highest BCUT2D eigenvalue weighted by Crippen LogP contribution is 2.43. The zero-order valence-corrected chi connectivity index (χ0v) is 20.9. The molecule has 1 N–H and O–H groups in total. The molecule has 7 nitrogen and oxygen atoms in total. The number of carbonyl (C=O) groups excluding carboxylic acids is 3. The quantitative estimate of drug-likeness (QED) is 0.615. The molecule has 32 heavy (non-hydrogen) atoms. The van der Waals surface area contributed by atoms with E-state index in [0.717, 1.165) is 32.1 Å². The van der Waals surface area contributed by atoms with Gasteiger partial charge in [-0.1, -0.05) is 33.1 Å². The van der Waals surface area contributed by atoms with Crippen molar-refractivity contribution in [1.82, 2.24) is 5.32 Å². The monoisotopic (exact) mass is 448 g/mol. The molecule has 1 aliphatic heterocycles. The third kappa shape index (κ3) is 6.20. The first-order valence-corrected chi connectivity index (χ1v) is 11.7. The standard InChI is InChI=1S/C25H40N2O5/c1-14(2)21(24(30)32-25(5,6)7)27-22(28)18-15(3)26-16(4)19(23(29)31-8)20(18)17-12-10-9-11-13-17/h14,17,19-21H,9-13H2,1-8H3,(H,27,28). The van der Waals surface area contributed by atoms with Crippen molar-refractivity contribution in [2.75, 3.05) is 7.11 Å². The van der Waals surface area contributed by atoms with Gasteiger partial charge in [-0.3, -0.25) is 14.6 Å². The Labute approximate surface area is 192 Å². The average molecular weight is 449 g/mol. The molecule has 7 heteroatoms. The van der Waals surface area contributed by atoms with Crippen molar-refractivity contribution in [3.05, 3.63) is 11.3 Å². The molecule has 180 valence electrons. The number of ether oxygens (including phenoxy) is 2. The molecule has 1 amide bonds. The van der Waals surface area contributed by atoms with Crippen molar-refractivity contribution < 1.29 is 23.9 Å². The SMILES string of the molecule is COC(=O)C1C(C)=NC(C)=C(C(=O)NC(C(=O)OC(C)(C)C)C(C)C)C1C1CCCCC1. The Morgan fingerprint density at radius 1 is 1.06 bits per heavy atom. The van der Waals surface area contributed by atoms with Gasteiger partial charge in [0.05, 0.1) is 7.11 Å². The molecule has 0 aromatic rings. The number of nitrogens with one attached hydrogen (secondary N) is 1. The van der Waals surface area contributed by atoms with Crippen molar-refractivity contribution in [2.24, 2.45) is 28.7 Å². The summed E-state index contributed by atoms with van der Waals surface area (Å²) >= 11 is 0. The van der Waals surface area contributed by atoms with Gasteiger partial charge in [-0.05, 0) is 59.3 Å². The summed E-state index contributed by atoms with van der Waals surface area (Å²) in [5.74, 6) is -2.06. The first kappa shape index (κ1) is 26.1. The Kier molecular flexibility index (Phi) is 8.66. The second-order valence-electron chi connectivity index (χ2n) is 10.4. The molecule has 2 rings (SSSR count). The zero-order chi connectivity index (χ0) is 24.2. The van der Waals surface area contributed by atoms with Crippen LogP contribution in [0.5, 0.6) is 0 Å². The normalized spacial score (nSPS) is 23.5. The number of nitrogens with zero attached hydrogens (tertiary/aromatic N) is 1. The summed E-state index contributed by atoms with van der Waals surface area (Å²) in [6.07, 6.45) is 5.22. The van der Waals surface area contributed by atoms with Crippen LogP contribution in [0.25, 0.3) is 0 Å². The number of methoxy groups -OCH3 is 1. The number of carbonyl (C=O) groups is 3. The third-order valence-electron chi connectivity index (χ3n) is 6.35. The van der Waals surface area contributed by atoms with Crippen LogP contribution in [0.15, 0.2) is 16.3 Å². The number of hydrogen-bond acceptors (Lipinski definition) is 6. The lowest BCUT2D eigenvalue weighted by molar-refractivity contribution is -0.160. The van der Waals surface area contributed by atoms with Crippen LogP contribution in [0, 0.1) is 23.7 Å². The predicted octanol–water partition coefficient (Wildman–Crippen LogP) is 4.20. The van der Waals surface area contributed by atoms with Gasteiger partial charge in [-0.2, -0.15) is 0 Å². The third-order valence-corrected chi connectivity index (χ3v) is 6.35. The van der Waals surface area contributed by atoms with E-state index < -0.39 is 23.5 Å². The van der Waals surface area contributed by atoms with E-state index in [0.29, 0.717) is 17.0 Å². The Balaban J connectivity index is 2.42. The molecule has 0 saturated heterocycles. The van der Waals surface area contributed by atoms with Gasteiger partial charge in [-0.25, -0.2) is 4.79 Å². The Morgan fingerprint density at radius 2 is 1.66 bits per heavy atom. The maximum atomic E-state index is 13.6. The molecule has 3 atom stereocenters. The number of rotatable bonds is 6. The maximum Gasteiger partial charge on any atom is 0.329 e. The van der Waals surface area contributed by atoms with E-state index >= 15 is 0 Å². The minimum Gasteiger partial charge on any atom is -0.468 e. The summed E-state index contributed by atoms with van der Waals surface area (Å²) in [6, 6.07) is -0.794. The number of esters is 2. The predicted molar refractivity (Wildman–Crippen MR) is 124 cm³/mol. The number of allylic oxidation sites excluding steroid dienone is 1. The van der Waals surface area contributed by atoms with Crippen molar-refractivity contribution >= 4 is 23.6 Å². The van der Waals surface area contributed by atoms with Crippen LogP contribution in [-0.4, -0.2) is 42.3 Å². The molecule has 1 saturated carbocycles. The molecule has 0 aromatic carbocycles. The van der Waals surface area contributed by atoms with Crippen LogP contribution in [0.1, 0.15) is 80.6 Å². The summed E-state index contributed by atoms with van der Waals surface area (Å²) in [5, 5.41) is 2.91. The fraction of sp³-hybridized carbons (Fsp3) is 0.760. The lowest BCUT2D eigenvalue weighted by atomic mass is 9.67. The van der Waals surface area contributed by atoms with Crippen LogP contribution in [0.4, 0.5) is 0 Å². The molecule has 2 aliphatic rings. The molecule has 0 spiro atoms. The fourth-order valence-corrected chi connectivity index (χ4v) is 4.90. The Hall–Kier alpha value is -2.18. The van der Waals surface area contributed by atoms with Crippen LogP contribution in [0.2, 0.25) is 0 Å². The Bertz CT molecular complexity index is 785. The summed E-state index contributed by atoms with van der Waals surface area (Å²) in [6.45, 7) is 12.8. The van der Waals surface area contributed by atoms with E-state index in [-0.39, 0.29) is 29.6 Å².